The fourth-order valence-electron chi connectivity index (χ4n) is 2.63. The van der Waals surface area contributed by atoms with Gasteiger partial charge in [0.05, 0.1) is 10.7 Å². The van der Waals surface area contributed by atoms with Crippen LogP contribution in [-0.2, 0) is 11.3 Å². The monoisotopic (exact) mass is 321 g/mol. The lowest BCUT2D eigenvalue weighted by Crippen LogP contribution is -2.38. The van der Waals surface area contributed by atoms with Gasteiger partial charge in [0.1, 0.15) is 6.54 Å². The van der Waals surface area contributed by atoms with Crippen molar-refractivity contribution in [1.82, 2.24) is 25.1 Å². The number of halogens is 1. The van der Waals surface area contributed by atoms with E-state index in [-0.39, 0.29) is 18.5 Å². The van der Waals surface area contributed by atoms with Crippen LogP contribution in [0.25, 0.3) is 5.69 Å². The van der Waals surface area contributed by atoms with Crippen LogP contribution in [0.1, 0.15) is 25.7 Å². The zero-order chi connectivity index (χ0) is 15.5. The molecule has 1 aromatic carbocycles. The van der Waals surface area contributed by atoms with Crippen molar-refractivity contribution in [3.05, 3.63) is 39.8 Å². The molecule has 1 fully saturated rings. The average Bonchev–Trinajstić information content (AvgIpc) is 3.11. The maximum absolute atomic E-state index is 12.3. The zero-order valence-corrected chi connectivity index (χ0v) is 12.7. The molecule has 0 saturated heterocycles. The number of hydrogen-bond acceptors (Lipinski definition) is 4. The summed E-state index contributed by atoms with van der Waals surface area (Å²) in [5, 5.41) is 10.8. The molecule has 1 heterocycles. The van der Waals surface area contributed by atoms with Crippen LogP contribution in [0, 0.1) is 0 Å². The number of hydrogen-bond donors (Lipinski definition) is 1. The Kier molecular flexibility index (Phi) is 4.24. The number of aromatic nitrogens is 4. The van der Waals surface area contributed by atoms with Crippen molar-refractivity contribution in [1.29, 1.82) is 0 Å². The molecule has 1 amide bonds. The van der Waals surface area contributed by atoms with E-state index < -0.39 is 5.69 Å². The van der Waals surface area contributed by atoms with E-state index in [1.807, 2.05) is 0 Å². The minimum Gasteiger partial charge on any atom is -0.352 e. The molecule has 116 valence electrons. The summed E-state index contributed by atoms with van der Waals surface area (Å²) in [5.74, 6) is -0.222. The summed E-state index contributed by atoms with van der Waals surface area (Å²) >= 11 is 6.04. The normalized spacial score (nSPS) is 15.1. The molecule has 1 saturated carbocycles. The van der Waals surface area contributed by atoms with E-state index in [2.05, 4.69) is 15.7 Å². The van der Waals surface area contributed by atoms with E-state index in [0.717, 1.165) is 35.0 Å². The lowest BCUT2D eigenvalue weighted by atomic mass is 10.2. The minimum absolute atomic E-state index is 0.139. The lowest BCUT2D eigenvalue weighted by molar-refractivity contribution is -0.122. The van der Waals surface area contributed by atoms with Gasteiger partial charge in [-0.1, -0.05) is 36.6 Å². The fourth-order valence-corrected chi connectivity index (χ4v) is 2.84. The third-order valence-electron chi connectivity index (χ3n) is 3.73. The molecule has 8 heteroatoms. The van der Waals surface area contributed by atoms with Crippen molar-refractivity contribution in [2.75, 3.05) is 0 Å². The maximum Gasteiger partial charge on any atom is 0.369 e. The molecule has 0 bridgehead atoms. The molecule has 2 aromatic rings. The number of amides is 1. The second kappa shape index (κ2) is 6.31. The van der Waals surface area contributed by atoms with Crippen molar-refractivity contribution >= 4 is 17.5 Å². The highest BCUT2D eigenvalue weighted by atomic mass is 35.5. The molecular weight excluding hydrogens is 306 g/mol. The van der Waals surface area contributed by atoms with Crippen molar-refractivity contribution in [3.8, 4) is 5.69 Å². The Morgan fingerprint density at radius 3 is 2.73 bits per heavy atom. The molecule has 1 aromatic heterocycles. The average molecular weight is 322 g/mol. The van der Waals surface area contributed by atoms with Crippen molar-refractivity contribution in [2.24, 2.45) is 0 Å². The van der Waals surface area contributed by atoms with Crippen molar-refractivity contribution < 1.29 is 4.79 Å². The quantitative estimate of drug-likeness (QED) is 0.915. The number of nitrogens with one attached hydrogen (secondary N) is 1. The Bertz CT molecular complexity index is 733. The van der Waals surface area contributed by atoms with Gasteiger partial charge in [-0.15, -0.1) is 0 Å². The third-order valence-corrected chi connectivity index (χ3v) is 4.05. The lowest BCUT2D eigenvalue weighted by Gasteiger charge is -2.10. The summed E-state index contributed by atoms with van der Waals surface area (Å²) < 4.78 is 2.12. The molecule has 1 N–H and O–H groups in total. The van der Waals surface area contributed by atoms with Crippen LogP contribution in [-0.4, -0.2) is 31.7 Å². The van der Waals surface area contributed by atoms with E-state index in [0.29, 0.717) is 10.7 Å². The zero-order valence-electron chi connectivity index (χ0n) is 11.9. The van der Waals surface area contributed by atoms with E-state index in [1.165, 1.54) is 0 Å². The number of para-hydroxylation sites is 1. The first-order valence-electron chi connectivity index (χ1n) is 7.22. The van der Waals surface area contributed by atoms with Gasteiger partial charge in [-0.25, -0.2) is 4.79 Å². The Morgan fingerprint density at radius 1 is 1.27 bits per heavy atom. The predicted octanol–water partition coefficient (Wildman–Crippen LogP) is 1.14. The first-order chi connectivity index (χ1) is 10.6. The number of rotatable bonds is 4. The Labute approximate surface area is 131 Å². The highest BCUT2D eigenvalue weighted by Crippen LogP contribution is 2.18. The number of nitrogens with zero attached hydrogens (tertiary/aromatic N) is 4. The maximum atomic E-state index is 12.3. The molecule has 3 rings (SSSR count). The molecule has 0 spiro atoms. The molecule has 1 aliphatic rings. The summed E-state index contributed by atoms with van der Waals surface area (Å²) in [5.41, 5.74) is -0.0497. The summed E-state index contributed by atoms with van der Waals surface area (Å²) in [6.07, 6.45) is 4.25. The first-order valence-corrected chi connectivity index (χ1v) is 7.60. The molecular formula is C14H16ClN5O2. The smallest absolute Gasteiger partial charge is 0.352 e. The summed E-state index contributed by atoms with van der Waals surface area (Å²) in [4.78, 5) is 24.2. The Balaban J connectivity index is 1.75. The standard InChI is InChI=1S/C14H16ClN5O2/c15-11-7-3-4-8-12(11)20-14(22)19(17-18-20)9-13(21)16-10-5-1-2-6-10/h3-4,7-8,10H,1-2,5-6,9H2,(H,16,21). The summed E-state index contributed by atoms with van der Waals surface area (Å²) in [6.45, 7) is -0.139. The van der Waals surface area contributed by atoms with Crippen LogP contribution in [0.5, 0.6) is 0 Å². The van der Waals surface area contributed by atoms with Gasteiger partial charge < -0.3 is 5.32 Å². The molecule has 22 heavy (non-hydrogen) atoms. The summed E-state index contributed by atoms with van der Waals surface area (Å²) in [6, 6.07) is 7.05. The van der Waals surface area contributed by atoms with Gasteiger partial charge in [0.25, 0.3) is 0 Å². The van der Waals surface area contributed by atoms with Crippen LogP contribution in [0.4, 0.5) is 0 Å². The molecule has 7 nitrogen and oxygen atoms in total. The van der Waals surface area contributed by atoms with Gasteiger partial charge in [-0.3, -0.25) is 4.79 Å². The van der Waals surface area contributed by atoms with Gasteiger partial charge >= 0.3 is 5.69 Å². The highest BCUT2D eigenvalue weighted by molar-refractivity contribution is 6.32. The van der Waals surface area contributed by atoms with E-state index in [4.69, 9.17) is 11.6 Å². The number of tetrazole rings is 1. The van der Waals surface area contributed by atoms with Crippen molar-refractivity contribution in [3.63, 3.8) is 0 Å². The Morgan fingerprint density at radius 2 is 2.00 bits per heavy atom. The van der Waals surface area contributed by atoms with Crippen LogP contribution in [0.15, 0.2) is 29.1 Å². The number of carbonyl (C=O) groups excluding carboxylic acids is 1. The van der Waals surface area contributed by atoms with Crippen molar-refractivity contribution in [2.45, 2.75) is 38.3 Å². The fraction of sp³-hybridized carbons (Fsp3) is 0.429. The SMILES string of the molecule is O=C(Cn1nnn(-c2ccccc2Cl)c1=O)NC1CCCC1. The molecule has 0 unspecified atom stereocenters. The van der Waals surface area contributed by atoms with E-state index >= 15 is 0 Å². The minimum atomic E-state index is -0.491. The van der Waals surface area contributed by atoms with Gasteiger partial charge in [-0.05, 0) is 35.4 Å². The number of carbonyl (C=O) groups is 1. The molecule has 0 aliphatic heterocycles. The second-order valence-corrected chi connectivity index (χ2v) is 5.74. The topological polar surface area (TPSA) is 81.8 Å². The van der Waals surface area contributed by atoms with Crippen LogP contribution < -0.4 is 11.0 Å². The van der Waals surface area contributed by atoms with Gasteiger partial charge in [-0.2, -0.15) is 9.36 Å². The molecule has 0 atom stereocenters. The van der Waals surface area contributed by atoms with E-state index in [1.54, 1.807) is 24.3 Å². The second-order valence-electron chi connectivity index (χ2n) is 5.33. The van der Waals surface area contributed by atoms with Crippen LogP contribution in [0.2, 0.25) is 5.02 Å². The Hall–Kier alpha value is -2.15. The third kappa shape index (κ3) is 3.04. The van der Waals surface area contributed by atoms with Crippen LogP contribution >= 0.6 is 11.6 Å². The molecule has 1 aliphatic carbocycles. The van der Waals surface area contributed by atoms with Gasteiger partial charge in [0.2, 0.25) is 5.91 Å². The molecule has 0 radical (unpaired) electrons. The largest absolute Gasteiger partial charge is 0.369 e. The summed E-state index contributed by atoms with van der Waals surface area (Å²) in [7, 11) is 0. The van der Waals surface area contributed by atoms with Gasteiger partial charge in [0, 0.05) is 6.04 Å². The number of benzene rings is 1. The van der Waals surface area contributed by atoms with E-state index in [9.17, 15) is 9.59 Å². The van der Waals surface area contributed by atoms with Crippen LogP contribution in [0.3, 0.4) is 0 Å². The first kappa shape index (κ1) is 14.8. The van der Waals surface area contributed by atoms with Gasteiger partial charge in [0.15, 0.2) is 0 Å². The highest BCUT2D eigenvalue weighted by Gasteiger charge is 2.19. The predicted molar refractivity (Wildman–Crippen MR) is 81.0 cm³/mol.